The molecule has 1 saturated heterocycles. The van der Waals surface area contributed by atoms with E-state index in [4.69, 9.17) is 9.72 Å². The third kappa shape index (κ3) is 4.53. The third-order valence-corrected chi connectivity index (χ3v) is 6.59. The van der Waals surface area contributed by atoms with Gasteiger partial charge in [-0.1, -0.05) is 18.2 Å². The quantitative estimate of drug-likeness (QED) is 0.435. The van der Waals surface area contributed by atoms with Crippen LogP contribution in [-0.4, -0.2) is 35.4 Å². The van der Waals surface area contributed by atoms with Crippen molar-refractivity contribution in [2.45, 2.75) is 6.42 Å². The predicted molar refractivity (Wildman–Crippen MR) is 133 cm³/mol. The molecule has 1 N–H and O–H groups in total. The van der Waals surface area contributed by atoms with Gasteiger partial charge in [-0.15, -0.1) is 11.3 Å². The zero-order valence-corrected chi connectivity index (χ0v) is 19.3. The summed E-state index contributed by atoms with van der Waals surface area (Å²) in [5, 5.41) is 5.85. The second-order valence-corrected chi connectivity index (χ2v) is 8.81. The number of methoxy groups -OCH3 is 1. The summed E-state index contributed by atoms with van der Waals surface area (Å²) >= 11 is 1.55. The highest BCUT2D eigenvalue weighted by molar-refractivity contribution is 7.13. The van der Waals surface area contributed by atoms with Crippen molar-refractivity contribution >= 4 is 34.5 Å². The zero-order chi connectivity index (χ0) is 23.5. The first-order valence-electron chi connectivity index (χ1n) is 10.8. The largest absolute Gasteiger partial charge is 0.497 e. The molecule has 3 heterocycles. The molecule has 34 heavy (non-hydrogen) atoms. The molecule has 1 fully saturated rings. The number of nitrogens with zero attached hydrogens (tertiary/aromatic N) is 3. The lowest BCUT2D eigenvalue weighted by Crippen LogP contribution is -2.28. The number of thiazole rings is 1. The molecule has 0 bridgehead atoms. The second-order valence-electron chi connectivity index (χ2n) is 7.96. The van der Waals surface area contributed by atoms with Crippen LogP contribution < -0.4 is 15.0 Å². The fourth-order valence-corrected chi connectivity index (χ4v) is 4.76. The molecular formula is C26H22N4O3S. The smallest absolute Gasteiger partial charge is 0.229 e. The Hall–Kier alpha value is -4.04. The molecule has 7 nitrogen and oxygen atoms in total. The highest BCUT2D eigenvalue weighted by Crippen LogP contribution is 2.31. The molecule has 0 radical (unpaired) electrons. The molecule has 2 aromatic carbocycles. The highest BCUT2D eigenvalue weighted by atomic mass is 32.1. The van der Waals surface area contributed by atoms with E-state index in [-0.39, 0.29) is 18.2 Å². The van der Waals surface area contributed by atoms with Crippen LogP contribution in [0, 0.1) is 5.92 Å². The number of amides is 2. The van der Waals surface area contributed by atoms with Crippen molar-refractivity contribution in [1.29, 1.82) is 0 Å². The van der Waals surface area contributed by atoms with Gasteiger partial charge in [0.1, 0.15) is 10.8 Å². The minimum absolute atomic E-state index is 0.0763. The summed E-state index contributed by atoms with van der Waals surface area (Å²) in [6, 6.07) is 18.7. The Morgan fingerprint density at radius 1 is 1.12 bits per heavy atom. The molecule has 2 amide bonds. The van der Waals surface area contributed by atoms with E-state index in [1.54, 1.807) is 41.8 Å². The first-order valence-corrected chi connectivity index (χ1v) is 11.7. The van der Waals surface area contributed by atoms with Crippen LogP contribution in [0.4, 0.5) is 11.4 Å². The molecule has 0 saturated carbocycles. The van der Waals surface area contributed by atoms with Crippen molar-refractivity contribution in [3.63, 3.8) is 0 Å². The van der Waals surface area contributed by atoms with E-state index in [1.165, 1.54) is 0 Å². The van der Waals surface area contributed by atoms with Crippen LogP contribution >= 0.6 is 11.3 Å². The van der Waals surface area contributed by atoms with E-state index in [1.807, 2.05) is 60.0 Å². The van der Waals surface area contributed by atoms with Crippen molar-refractivity contribution in [2.24, 2.45) is 5.92 Å². The third-order valence-electron chi connectivity index (χ3n) is 5.70. The Kier molecular flexibility index (Phi) is 6.05. The van der Waals surface area contributed by atoms with Gasteiger partial charge in [-0.05, 0) is 36.4 Å². The Morgan fingerprint density at radius 2 is 1.97 bits per heavy atom. The lowest BCUT2D eigenvalue weighted by Gasteiger charge is -2.17. The first kappa shape index (κ1) is 21.8. The molecule has 0 spiro atoms. The maximum Gasteiger partial charge on any atom is 0.229 e. The fourth-order valence-electron chi connectivity index (χ4n) is 3.94. The summed E-state index contributed by atoms with van der Waals surface area (Å²) in [6.45, 7) is 0.331. The molecule has 1 aliphatic heterocycles. The topological polar surface area (TPSA) is 84.4 Å². The number of ether oxygens (including phenoxy) is 1. The molecule has 4 aromatic rings. The molecule has 1 aliphatic rings. The van der Waals surface area contributed by atoms with Gasteiger partial charge in [0, 0.05) is 59.3 Å². The van der Waals surface area contributed by atoms with Gasteiger partial charge in [0.2, 0.25) is 11.8 Å². The van der Waals surface area contributed by atoms with Crippen LogP contribution in [0.3, 0.4) is 0 Å². The van der Waals surface area contributed by atoms with Crippen LogP contribution in [0.15, 0.2) is 78.4 Å². The summed E-state index contributed by atoms with van der Waals surface area (Å²) in [7, 11) is 1.58. The van der Waals surface area contributed by atoms with Crippen molar-refractivity contribution in [1.82, 2.24) is 9.97 Å². The number of aromatic nitrogens is 2. The van der Waals surface area contributed by atoms with E-state index in [9.17, 15) is 9.59 Å². The number of benzene rings is 2. The van der Waals surface area contributed by atoms with Crippen LogP contribution in [0.2, 0.25) is 0 Å². The molecular weight excluding hydrogens is 448 g/mol. The van der Waals surface area contributed by atoms with E-state index in [2.05, 4.69) is 10.3 Å². The molecule has 2 aromatic heterocycles. The average molecular weight is 471 g/mol. The SMILES string of the molecule is COc1cccc(N2CC(C(=O)Nc3cccc(-c4csc(-c5cccnc5)n4)c3)CC2=O)c1. The number of carbonyl (C=O) groups excluding carboxylic acids is 2. The molecule has 5 rings (SSSR count). The summed E-state index contributed by atoms with van der Waals surface area (Å²) in [5.74, 6) is -0.0136. The molecule has 0 aliphatic carbocycles. The Morgan fingerprint density at radius 3 is 2.79 bits per heavy atom. The van der Waals surface area contributed by atoms with Crippen molar-refractivity contribution in [2.75, 3.05) is 23.9 Å². The van der Waals surface area contributed by atoms with E-state index >= 15 is 0 Å². The number of hydrogen-bond donors (Lipinski definition) is 1. The lowest BCUT2D eigenvalue weighted by molar-refractivity contribution is -0.122. The fraction of sp³-hybridized carbons (Fsp3) is 0.154. The van der Waals surface area contributed by atoms with Crippen molar-refractivity contribution in [3.05, 3.63) is 78.4 Å². The monoisotopic (exact) mass is 470 g/mol. The Labute approximate surface area is 201 Å². The van der Waals surface area contributed by atoms with Crippen LogP contribution in [0.25, 0.3) is 21.8 Å². The standard InChI is InChI=1S/C26H22N4O3S/c1-33-22-9-3-8-21(13-22)30-15-19(12-24(30)31)25(32)28-20-7-2-5-17(11-20)23-16-34-26(29-23)18-6-4-10-27-14-18/h2-11,13-14,16,19H,12,15H2,1H3,(H,28,32). The van der Waals surface area contributed by atoms with E-state index < -0.39 is 5.92 Å². The maximum absolute atomic E-state index is 13.0. The zero-order valence-electron chi connectivity index (χ0n) is 18.5. The minimum Gasteiger partial charge on any atom is -0.497 e. The predicted octanol–water partition coefficient (Wildman–Crippen LogP) is 4.87. The highest BCUT2D eigenvalue weighted by Gasteiger charge is 2.35. The van der Waals surface area contributed by atoms with Gasteiger partial charge in [0.15, 0.2) is 0 Å². The number of rotatable bonds is 6. The van der Waals surface area contributed by atoms with Gasteiger partial charge in [-0.25, -0.2) is 4.98 Å². The molecule has 170 valence electrons. The van der Waals surface area contributed by atoms with E-state index in [0.29, 0.717) is 18.0 Å². The maximum atomic E-state index is 13.0. The lowest BCUT2D eigenvalue weighted by atomic mass is 10.1. The second kappa shape index (κ2) is 9.44. The van der Waals surface area contributed by atoms with E-state index in [0.717, 1.165) is 27.5 Å². The number of carbonyl (C=O) groups is 2. The van der Waals surface area contributed by atoms with Gasteiger partial charge in [-0.3, -0.25) is 14.6 Å². The van der Waals surface area contributed by atoms with Crippen LogP contribution in [0.1, 0.15) is 6.42 Å². The van der Waals surface area contributed by atoms with Gasteiger partial charge in [0.25, 0.3) is 0 Å². The number of pyridine rings is 1. The number of anilines is 2. The minimum atomic E-state index is -0.432. The molecule has 8 heteroatoms. The van der Waals surface area contributed by atoms with Gasteiger partial charge >= 0.3 is 0 Å². The average Bonchev–Trinajstić information content (AvgIpc) is 3.52. The Bertz CT molecular complexity index is 1340. The van der Waals surface area contributed by atoms with Gasteiger partial charge < -0.3 is 15.0 Å². The number of nitrogens with one attached hydrogen (secondary N) is 1. The van der Waals surface area contributed by atoms with Gasteiger partial charge in [0.05, 0.1) is 18.7 Å². The summed E-state index contributed by atoms with van der Waals surface area (Å²) in [5.41, 5.74) is 4.11. The van der Waals surface area contributed by atoms with Crippen LogP contribution in [-0.2, 0) is 9.59 Å². The van der Waals surface area contributed by atoms with Crippen LogP contribution in [0.5, 0.6) is 5.75 Å². The van der Waals surface area contributed by atoms with Crippen molar-refractivity contribution in [3.8, 4) is 27.6 Å². The summed E-state index contributed by atoms with van der Waals surface area (Å²) in [4.78, 5) is 36.1. The normalized spacial score (nSPS) is 15.4. The number of hydrogen-bond acceptors (Lipinski definition) is 6. The van der Waals surface area contributed by atoms with Gasteiger partial charge in [-0.2, -0.15) is 0 Å². The summed E-state index contributed by atoms with van der Waals surface area (Å²) < 4.78 is 5.25. The molecule has 1 unspecified atom stereocenters. The first-order chi connectivity index (χ1) is 16.6. The van der Waals surface area contributed by atoms with Crippen molar-refractivity contribution < 1.29 is 14.3 Å². The summed E-state index contributed by atoms with van der Waals surface area (Å²) in [6.07, 6.45) is 3.69. The Balaban J connectivity index is 1.28. The molecule has 1 atom stereocenters.